The van der Waals surface area contributed by atoms with Crippen LogP contribution < -0.4 is 16.4 Å². The van der Waals surface area contributed by atoms with Crippen molar-refractivity contribution in [3.63, 3.8) is 0 Å². The molecule has 0 aromatic carbocycles. The van der Waals surface area contributed by atoms with E-state index >= 15 is 0 Å². The number of rotatable bonds is 3. The topological polar surface area (TPSA) is 67.1 Å². The van der Waals surface area contributed by atoms with Crippen LogP contribution in [-0.4, -0.2) is 31.6 Å². The molecule has 1 amide bonds. The van der Waals surface area contributed by atoms with Gasteiger partial charge in [0.1, 0.15) is 0 Å². The van der Waals surface area contributed by atoms with Crippen molar-refractivity contribution in [2.45, 2.75) is 25.8 Å². The summed E-state index contributed by atoms with van der Waals surface area (Å²) in [7, 11) is 0. The van der Waals surface area contributed by atoms with Gasteiger partial charge in [0.2, 0.25) is 5.91 Å². The van der Waals surface area contributed by atoms with Crippen molar-refractivity contribution in [1.29, 1.82) is 0 Å². The van der Waals surface area contributed by atoms with Crippen LogP contribution in [0.25, 0.3) is 0 Å². The molecule has 4 N–H and O–H groups in total. The van der Waals surface area contributed by atoms with Gasteiger partial charge >= 0.3 is 0 Å². The Morgan fingerprint density at radius 3 is 3.08 bits per heavy atom. The van der Waals surface area contributed by atoms with E-state index in [2.05, 4.69) is 10.6 Å². The molecule has 0 radical (unpaired) electrons. The smallest absolute Gasteiger partial charge is 0.224 e. The number of nitrogens with two attached hydrogens (primary N) is 1. The summed E-state index contributed by atoms with van der Waals surface area (Å²) in [6.07, 6.45) is 2.09. The van der Waals surface area contributed by atoms with Gasteiger partial charge in [0.25, 0.3) is 0 Å². The molecule has 0 aromatic heterocycles. The second kappa shape index (κ2) is 5.19. The molecular formula is C9H19N3O. The predicted molar refractivity (Wildman–Crippen MR) is 52.3 cm³/mol. The molecular weight excluding hydrogens is 166 g/mol. The van der Waals surface area contributed by atoms with Crippen molar-refractivity contribution >= 4 is 5.91 Å². The molecule has 4 heteroatoms. The summed E-state index contributed by atoms with van der Waals surface area (Å²) in [5.74, 6) is 0.285. The number of piperidine rings is 1. The van der Waals surface area contributed by atoms with E-state index < -0.39 is 0 Å². The quantitative estimate of drug-likeness (QED) is 0.552. The summed E-state index contributed by atoms with van der Waals surface area (Å²) in [6.45, 7) is 4.28. The van der Waals surface area contributed by atoms with Gasteiger partial charge in [0.15, 0.2) is 0 Å². The lowest BCUT2D eigenvalue weighted by atomic mass is 9.98. The van der Waals surface area contributed by atoms with Crippen LogP contribution in [0.2, 0.25) is 0 Å². The van der Waals surface area contributed by atoms with E-state index in [0.717, 1.165) is 25.9 Å². The van der Waals surface area contributed by atoms with Crippen LogP contribution in [0, 0.1) is 5.92 Å². The van der Waals surface area contributed by atoms with Crippen LogP contribution in [0.3, 0.4) is 0 Å². The zero-order chi connectivity index (χ0) is 9.68. The molecule has 1 fully saturated rings. The molecule has 1 aliphatic rings. The summed E-state index contributed by atoms with van der Waals surface area (Å²) in [5, 5.41) is 6.11. The monoisotopic (exact) mass is 185 g/mol. The van der Waals surface area contributed by atoms with Crippen molar-refractivity contribution in [2.24, 2.45) is 11.7 Å². The van der Waals surface area contributed by atoms with Crippen LogP contribution in [0.1, 0.15) is 19.8 Å². The fourth-order valence-electron chi connectivity index (χ4n) is 1.50. The molecule has 1 saturated heterocycles. The first-order valence-corrected chi connectivity index (χ1v) is 4.95. The maximum Gasteiger partial charge on any atom is 0.224 e. The summed E-state index contributed by atoms with van der Waals surface area (Å²) in [5.41, 5.74) is 5.42. The number of carbonyl (C=O) groups excluding carboxylic acids is 1. The van der Waals surface area contributed by atoms with Gasteiger partial charge in [-0.05, 0) is 26.3 Å². The Kier molecular flexibility index (Phi) is 4.18. The maximum atomic E-state index is 11.6. The molecule has 1 aliphatic heterocycles. The fraction of sp³-hybridized carbons (Fsp3) is 0.889. The zero-order valence-corrected chi connectivity index (χ0v) is 8.18. The average molecular weight is 185 g/mol. The second-order valence-electron chi connectivity index (χ2n) is 3.69. The van der Waals surface area contributed by atoms with Crippen LogP contribution in [0.5, 0.6) is 0 Å². The van der Waals surface area contributed by atoms with Crippen molar-refractivity contribution in [3.05, 3.63) is 0 Å². The number of hydrogen-bond acceptors (Lipinski definition) is 3. The van der Waals surface area contributed by atoms with Crippen LogP contribution in [0.15, 0.2) is 0 Å². The van der Waals surface area contributed by atoms with Gasteiger partial charge in [0, 0.05) is 19.1 Å². The van der Waals surface area contributed by atoms with Crippen LogP contribution in [0.4, 0.5) is 0 Å². The van der Waals surface area contributed by atoms with Gasteiger partial charge in [-0.2, -0.15) is 0 Å². The van der Waals surface area contributed by atoms with Crippen molar-refractivity contribution in [2.75, 3.05) is 19.6 Å². The summed E-state index contributed by atoms with van der Waals surface area (Å²) in [6, 6.07) is 0.0921. The minimum atomic E-state index is 0.0921. The van der Waals surface area contributed by atoms with E-state index in [0.29, 0.717) is 6.54 Å². The van der Waals surface area contributed by atoms with E-state index in [1.54, 1.807) is 0 Å². The minimum absolute atomic E-state index is 0.0921. The second-order valence-corrected chi connectivity index (χ2v) is 3.69. The molecule has 76 valence electrons. The third-order valence-corrected chi connectivity index (χ3v) is 2.41. The lowest BCUT2D eigenvalue weighted by Gasteiger charge is -2.23. The fourth-order valence-corrected chi connectivity index (χ4v) is 1.50. The number of nitrogens with one attached hydrogen (secondary N) is 2. The number of carbonyl (C=O) groups is 1. The molecule has 0 aliphatic carbocycles. The molecule has 0 unspecified atom stereocenters. The Bertz CT molecular complexity index is 166. The first kappa shape index (κ1) is 10.5. The SMILES string of the molecule is C[C@H](CN)NC(=O)[C@@H]1CCCNC1. The Morgan fingerprint density at radius 2 is 2.54 bits per heavy atom. The highest BCUT2D eigenvalue weighted by atomic mass is 16.1. The molecule has 13 heavy (non-hydrogen) atoms. The van der Waals surface area contributed by atoms with Gasteiger partial charge in [-0.1, -0.05) is 0 Å². The third kappa shape index (κ3) is 3.32. The van der Waals surface area contributed by atoms with Gasteiger partial charge in [-0.15, -0.1) is 0 Å². The predicted octanol–water partition coefficient (Wildman–Crippen LogP) is -0.551. The Hall–Kier alpha value is -0.610. The standard InChI is InChI=1S/C9H19N3O/c1-7(5-10)12-9(13)8-3-2-4-11-6-8/h7-8,11H,2-6,10H2,1H3,(H,12,13)/t7-,8-/m1/s1. The van der Waals surface area contributed by atoms with E-state index in [1.165, 1.54) is 0 Å². The van der Waals surface area contributed by atoms with E-state index in [-0.39, 0.29) is 17.9 Å². The molecule has 0 spiro atoms. The highest BCUT2D eigenvalue weighted by Gasteiger charge is 2.21. The zero-order valence-electron chi connectivity index (χ0n) is 8.18. The molecule has 1 heterocycles. The van der Waals surface area contributed by atoms with E-state index in [1.807, 2.05) is 6.92 Å². The van der Waals surface area contributed by atoms with Crippen LogP contribution in [-0.2, 0) is 4.79 Å². The average Bonchev–Trinajstić information content (AvgIpc) is 2.19. The van der Waals surface area contributed by atoms with Gasteiger partial charge in [-0.25, -0.2) is 0 Å². The molecule has 2 atom stereocenters. The molecule has 1 rings (SSSR count). The Balaban J connectivity index is 2.29. The molecule has 0 saturated carbocycles. The maximum absolute atomic E-state index is 11.6. The highest BCUT2D eigenvalue weighted by Crippen LogP contribution is 2.09. The summed E-state index contributed by atoms with van der Waals surface area (Å²) in [4.78, 5) is 11.6. The molecule has 4 nitrogen and oxygen atoms in total. The van der Waals surface area contributed by atoms with Crippen LogP contribution >= 0.6 is 0 Å². The van der Waals surface area contributed by atoms with Gasteiger partial charge < -0.3 is 16.4 Å². The minimum Gasteiger partial charge on any atom is -0.352 e. The molecule has 0 aromatic rings. The van der Waals surface area contributed by atoms with E-state index in [9.17, 15) is 4.79 Å². The first-order valence-electron chi connectivity index (χ1n) is 4.95. The van der Waals surface area contributed by atoms with Crippen molar-refractivity contribution < 1.29 is 4.79 Å². The van der Waals surface area contributed by atoms with Gasteiger partial charge in [0.05, 0.1) is 5.92 Å². The lowest BCUT2D eigenvalue weighted by Crippen LogP contribution is -2.45. The van der Waals surface area contributed by atoms with Crippen molar-refractivity contribution in [3.8, 4) is 0 Å². The Labute approximate surface area is 79.3 Å². The summed E-state index contributed by atoms with van der Waals surface area (Å²) < 4.78 is 0. The number of hydrogen-bond donors (Lipinski definition) is 3. The largest absolute Gasteiger partial charge is 0.352 e. The summed E-state index contributed by atoms with van der Waals surface area (Å²) >= 11 is 0. The highest BCUT2D eigenvalue weighted by molar-refractivity contribution is 5.79. The van der Waals surface area contributed by atoms with Crippen molar-refractivity contribution in [1.82, 2.24) is 10.6 Å². The lowest BCUT2D eigenvalue weighted by molar-refractivity contribution is -0.126. The first-order chi connectivity index (χ1) is 6.24. The molecule has 0 bridgehead atoms. The van der Waals surface area contributed by atoms with E-state index in [4.69, 9.17) is 5.73 Å². The third-order valence-electron chi connectivity index (χ3n) is 2.41. The normalized spacial score (nSPS) is 25.2. The number of amides is 1. The van der Waals surface area contributed by atoms with Gasteiger partial charge in [-0.3, -0.25) is 4.79 Å². The Morgan fingerprint density at radius 1 is 1.77 bits per heavy atom.